The molecule has 92 valence electrons. The van der Waals surface area contributed by atoms with Gasteiger partial charge in [-0.3, -0.25) is 9.59 Å². The predicted octanol–water partition coefficient (Wildman–Crippen LogP) is -0.927. The number of hydrogen-bond donors (Lipinski definition) is 6. The van der Waals surface area contributed by atoms with Crippen molar-refractivity contribution in [2.24, 2.45) is 0 Å². The third kappa shape index (κ3) is 8.24. The molecule has 0 bridgehead atoms. The molecule has 0 atom stereocenters. The molecule has 0 aromatic heterocycles. The quantitative estimate of drug-likeness (QED) is 0.346. The fourth-order valence-electron chi connectivity index (χ4n) is 0.714. The third-order valence-corrected chi connectivity index (χ3v) is 1.29. The van der Waals surface area contributed by atoms with Crippen LogP contribution in [-0.2, 0) is 33.9 Å². The largest absolute Gasteiger partial charge is 0.481 e. The van der Waals surface area contributed by atoms with Gasteiger partial charge in [0.15, 0.2) is 5.60 Å². The third-order valence-electron chi connectivity index (χ3n) is 1.29. The molecular formula is C6H14N2O7Zn. The van der Waals surface area contributed by atoms with Gasteiger partial charge in [0.25, 0.3) is 0 Å². The van der Waals surface area contributed by atoms with Crippen molar-refractivity contribution in [3.63, 3.8) is 0 Å². The van der Waals surface area contributed by atoms with Gasteiger partial charge in [-0.05, 0) is 0 Å². The van der Waals surface area contributed by atoms with Crippen molar-refractivity contribution in [3.8, 4) is 0 Å². The van der Waals surface area contributed by atoms with Gasteiger partial charge in [0.05, 0.1) is 12.8 Å². The van der Waals surface area contributed by atoms with Crippen molar-refractivity contribution in [2.45, 2.75) is 18.4 Å². The maximum Gasteiger partial charge on any atom is 0.336 e. The number of rotatable bonds is 5. The number of hydrogen-bond acceptors (Lipinski definition) is 6. The molecule has 0 aliphatic heterocycles. The van der Waals surface area contributed by atoms with Crippen molar-refractivity contribution < 1.29 is 54.3 Å². The summed E-state index contributed by atoms with van der Waals surface area (Å²) >= 11 is 0. The molecule has 0 spiro atoms. The summed E-state index contributed by atoms with van der Waals surface area (Å²) in [6.07, 6.45) is -2.29. The minimum Gasteiger partial charge on any atom is -0.481 e. The molecule has 0 heterocycles. The van der Waals surface area contributed by atoms with Gasteiger partial charge < -0.3 is 32.7 Å². The van der Waals surface area contributed by atoms with E-state index in [-0.39, 0.29) is 31.8 Å². The summed E-state index contributed by atoms with van der Waals surface area (Å²) in [7, 11) is 0. The van der Waals surface area contributed by atoms with E-state index in [9.17, 15) is 14.4 Å². The molecule has 0 rings (SSSR count). The molecular weight excluding hydrogens is 277 g/mol. The maximum atomic E-state index is 10.3. The smallest absolute Gasteiger partial charge is 0.336 e. The Morgan fingerprint density at radius 1 is 0.875 bits per heavy atom. The van der Waals surface area contributed by atoms with Crippen LogP contribution < -0.4 is 12.3 Å². The Bertz CT molecular complexity index is 241. The number of aliphatic carboxylic acids is 3. The Labute approximate surface area is 103 Å². The summed E-state index contributed by atoms with van der Waals surface area (Å²) in [6, 6.07) is 0. The molecule has 10 heteroatoms. The van der Waals surface area contributed by atoms with E-state index in [0.29, 0.717) is 0 Å². The molecule has 0 aliphatic carbocycles. The minimum atomic E-state index is -2.74. The molecule has 0 aliphatic rings. The number of carbonyl (C=O) groups is 3. The second kappa shape index (κ2) is 9.16. The van der Waals surface area contributed by atoms with Crippen LogP contribution >= 0.6 is 0 Å². The second-order valence-corrected chi connectivity index (χ2v) is 2.48. The van der Waals surface area contributed by atoms with Gasteiger partial charge in [-0.2, -0.15) is 0 Å². The van der Waals surface area contributed by atoms with Crippen LogP contribution in [0.2, 0.25) is 0 Å². The number of aliphatic hydroxyl groups is 1. The van der Waals surface area contributed by atoms with E-state index in [4.69, 9.17) is 20.4 Å². The summed E-state index contributed by atoms with van der Waals surface area (Å²) in [5, 5.41) is 33.8. The van der Waals surface area contributed by atoms with Crippen LogP contribution in [0.15, 0.2) is 0 Å². The van der Waals surface area contributed by atoms with E-state index in [2.05, 4.69) is 0 Å². The van der Waals surface area contributed by atoms with Gasteiger partial charge in [0.2, 0.25) is 0 Å². The van der Waals surface area contributed by atoms with Gasteiger partial charge in [0.1, 0.15) is 0 Å². The first kappa shape index (κ1) is 24.2. The van der Waals surface area contributed by atoms with Crippen LogP contribution in [0.25, 0.3) is 0 Å². The SMILES string of the molecule is N.N.O=C(O)CC(O)(CC(=O)O)C(=O)O.[Zn]. The average molecular weight is 292 g/mol. The summed E-state index contributed by atoms with van der Waals surface area (Å²) in [5.74, 6) is -5.02. The van der Waals surface area contributed by atoms with Gasteiger partial charge >= 0.3 is 17.9 Å². The number of carboxylic acid groups (broad SMARTS) is 3. The molecule has 0 saturated heterocycles. The van der Waals surface area contributed by atoms with Crippen molar-refractivity contribution in [1.82, 2.24) is 12.3 Å². The Morgan fingerprint density at radius 3 is 1.25 bits per heavy atom. The van der Waals surface area contributed by atoms with Crippen LogP contribution in [0.4, 0.5) is 0 Å². The molecule has 0 unspecified atom stereocenters. The first-order valence-corrected chi connectivity index (χ1v) is 3.17. The van der Waals surface area contributed by atoms with E-state index in [0.717, 1.165) is 0 Å². The van der Waals surface area contributed by atoms with Gasteiger partial charge in [-0.1, -0.05) is 0 Å². The zero-order valence-corrected chi connectivity index (χ0v) is 11.5. The van der Waals surface area contributed by atoms with Crippen LogP contribution in [0.3, 0.4) is 0 Å². The van der Waals surface area contributed by atoms with E-state index >= 15 is 0 Å². The molecule has 10 N–H and O–H groups in total. The van der Waals surface area contributed by atoms with Crippen molar-refractivity contribution in [2.75, 3.05) is 0 Å². The first-order valence-electron chi connectivity index (χ1n) is 3.17. The molecule has 0 saturated carbocycles. The molecule has 16 heavy (non-hydrogen) atoms. The average Bonchev–Trinajstić information content (AvgIpc) is 1.82. The van der Waals surface area contributed by atoms with Crippen LogP contribution in [0.5, 0.6) is 0 Å². The molecule has 0 aromatic carbocycles. The first-order chi connectivity index (χ1) is 5.78. The summed E-state index contributed by atoms with van der Waals surface area (Å²) in [6.45, 7) is 0. The normalized spacial score (nSPS) is 8.81. The molecule has 0 aromatic rings. The summed E-state index contributed by atoms with van der Waals surface area (Å²) in [5.41, 5.74) is -2.74. The molecule has 9 nitrogen and oxygen atoms in total. The van der Waals surface area contributed by atoms with Gasteiger partial charge in [-0.15, -0.1) is 0 Å². The zero-order chi connectivity index (χ0) is 10.6. The van der Waals surface area contributed by atoms with Crippen molar-refractivity contribution in [1.29, 1.82) is 0 Å². The topological polar surface area (TPSA) is 202 Å². The van der Waals surface area contributed by atoms with E-state index < -0.39 is 36.4 Å². The maximum absolute atomic E-state index is 10.3. The Morgan fingerprint density at radius 2 is 1.12 bits per heavy atom. The standard InChI is InChI=1S/C6H8O7.2H3N.Zn/c7-3(8)1-6(13,5(11)12)2-4(9)10;;;/h13H,1-2H2,(H,7,8)(H,9,10)(H,11,12);2*1H3;. The Kier molecular flexibility index (Phi) is 13.9. The monoisotopic (exact) mass is 290 g/mol. The summed E-state index contributed by atoms with van der Waals surface area (Å²) in [4.78, 5) is 30.5. The van der Waals surface area contributed by atoms with E-state index in [1.54, 1.807) is 0 Å². The summed E-state index contributed by atoms with van der Waals surface area (Å²) < 4.78 is 0. The van der Waals surface area contributed by atoms with Gasteiger partial charge in [0, 0.05) is 19.5 Å². The van der Waals surface area contributed by atoms with E-state index in [1.807, 2.05) is 0 Å². The van der Waals surface area contributed by atoms with Crippen LogP contribution in [-0.4, -0.2) is 43.9 Å². The minimum absolute atomic E-state index is 0. The zero-order valence-electron chi connectivity index (χ0n) is 8.55. The van der Waals surface area contributed by atoms with Crippen LogP contribution in [0, 0.1) is 0 Å². The van der Waals surface area contributed by atoms with Crippen molar-refractivity contribution in [3.05, 3.63) is 0 Å². The van der Waals surface area contributed by atoms with Gasteiger partial charge in [-0.25, -0.2) is 4.79 Å². The predicted molar refractivity (Wildman–Crippen MR) is 47.1 cm³/mol. The molecule has 0 amide bonds. The second-order valence-electron chi connectivity index (χ2n) is 2.48. The van der Waals surface area contributed by atoms with Crippen LogP contribution in [0.1, 0.15) is 12.8 Å². The Hall–Kier alpha value is -1.09. The fraction of sp³-hybridized carbons (Fsp3) is 0.500. The Balaban J connectivity index is -0.000000240. The van der Waals surface area contributed by atoms with Crippen molar-refractivity contribution >= 4 is 17.9 Å². The van der Waals surface area contributed by atoms with E-state index in [1.165, 1.54) is 0 Å². The molecule has 0 fully saturated rings. The molecule has 0 radical (unpaired) electrons. The fourth-order valence-corrected chi connectivity index (χ4v) is 0.714. The number of carboxylic acids is 3.